The van der Waals surface area contributed by atoms with E-state index in [9.17, 15) is 0 Å². The highest BCUT2D eigenvalue weighted by atomic mass is 32.2. The standard InChI is InChI=1S/C15H21NO2S/c1-17-11-5-3-10-4-6-14-15(13(10)7-11)18-12(8-16-14)9-19-2/h3,5,7,12,14-16H,4,6,8-9H2,1-2H3. The van der Waals surface area contributed by atoms with Crippen LogP contribution in [0.2, 0.25) is 0 Å². The van der Waals surface area contributed by atoms with Crippen LogP contribution < -0.4 is 10.1 Å². The molecular weight excluding hydrogens is 258 g/mol. The van der Waals surface area contributed by atoms with Gasteiger partial charge in [-0.15, -0.1) is 0 Å². The Balaban J connectivity index is 1.87. The average Bonchev–Trinajstić information content (AvgIpc) is 2.47. The van der Waals surface area contributed by atoms with E-state index in [4.69, 9.17) is 9.47 Å². The number of morpholine rings is 1. The molecule has 1 aromatic rings. The van der Waals surface area contributed by atoms with Gasteiger partial charge in [-0.2, -0.15) is 11.8 Å². The number of thioether (sulfide) groups is 1. The molecule has 104 valence electrons. The Morgan fingerprint density at radius 3 is 3.16 bits per heavy atom. The zero-order chi connectivity index (χ0) is 13.2. The number of hydrogen-bond donors (Lipinski definition) is 1. The Bertz CT molecular complexity index is 452. The first-order valence-electron chi connectivity index (χ1n) is 6.86. The lowest BCUT2D eigenvalue weighted by atomic mass is 9.84. The van der Waals surface area contributed by atoms with Crippen LogP contribution in [0, 0.1) is 0 Å². The molecule has 0 saturated carbocycles. The number of aryl methyl sites for hydroxylation is 1. The molecule has 0 radical (unpaired) electrons. The highest BCUT2D eigenvalue weighted by Crippen LogP contribution is 2.37. The summed E-state index contributed by atoms with van der Waals surface area (Å²) in [4.78, 5) is 0. The fourth-order valence-electron chi connectivity index (χ4n) is 3.07. The van der Waals surface area contributed by atoms with Crippen molar-refractivity contribution >= 4 is 11.8 Å². The Morgan fingerprint density at radius 2 is 2.37 bits per heavy atom. The predicted octanol–water partition coefficient (Wildman–Crippen LogP) is 2.40. The van der Waals surface area contributed by atoms with Gasteiger partial charge < -0.3 is 14.8 Å². The topological polar surface area (TPSA) is 30.5 Å². The Kier molecular flexibility index (Phi) is 4.01. The van der Waals surface area contributed by atoms with Gasteiger partial charge in [-0.3, -0.25) is 0 Å². The van der Waals surface area contributed by atoms with Gasteiger partial charge in [0.25, 0.3) is 0 Å². The summed E-state index contributed by atoms with van der Waals surface area (Å²) < 4.78 is 11.7. The molecule has 3 atom stereocenters. The lowest BCUT2D eigenvalue weighted by molar-refractivity contribution is -0.0596. The molecule has 0 aromatic heterocycles. The van der Waals surface area contributed by atoms with Gasteiger partial charge in [-0.25, -0.2) is 0 Å². The summed E-state index contributed by atoms with van der Waals surface area (Å²) in [6.45, 7) is 0.974. The van der Waals surface area contributed by atoms with Gasteiger partial charge in [0.1, 0.15) is 5.75 Å². The minimum absolute atomic E-state index is 0.185. The molecule has 1 heterocycles. The van der Waals surface area contributed by atoms with E-state index < -0.39 is 0 Å². The van der Waals surface area contributed by atoms with Crippen LogP contribution in [0.3, 0.4) is 0 Å². The van der Waals surface area contributed by atoms with Crippen LogP contribution in [0.1, 0.15) is 23.7 Å². The lowest BCUT2D eigenvalue weighted by Crippen LogP contribution is -2.50. The van der Waals surface area contributed by atoms with E-state index in [0.717, 1.165) is 30.9 Å². The number of rotatable bonds is 3. The monoisotopic (exact) mass is 279 g/mol. The van der Waals surface area contributed by atoms with Crippen LogP contribution in [0.4, 0.5) is 0 Å². The number of ether oxygens (including phenoxy) is 2. The minimum atomic E-state index is 0.185. The Labute approximate surface area is 119 Å². The van der Waals surface area contributed by atoms with Gasteiger partial charge in [0.2, 0.25) is 0 Å². The molecule has 0 amide bonds. The number of fused-ring (bicyclic) bond motifs is 3. The normalized spacial score (nSPS) is 29.5. The third-order valence-corrected chi connectivity index (χ3v) is 4.75. The second kappa shape index (κ2) is 5.73. The molecule has 1 aliphatic carbocycles. The fourth-order valence-corrected chi connectivity index (χ4v) is 3.64. The van der Waals surface area contributed by atoms with Crippen LogP contribution in [0.5, 0.6) is 5.75 Å². The van der Waals surface area contributed by atoms with Gasteiger partial charge in [-0.05, 0) is 42.4 Å². The summed E-state index contributed by atoms with van der Waals surface area (Å²) in [6.07, 6.45) is 4.92. The third-order valence-electron chi connectivity index (χ3n) is 4.05. The van der Waals surface area contributed by atoms with Gasteiger partial charge >= 0.3 is 0 Å². The fraction of sp³-hybridized carbons (Fsp3) is 0.600. The largest absolute Gasteiger partial charge is 0.497 e. The van der Waals surface area contributed by atoms with E-state index in [1.807, 2.05) is 11.8 Å². The maximum atomic E-state index is 6.32. The first-order chi connectivity index (χ1) is 9.31. The van der Waals surface area contributed by atoms with Crippen molar-refractivity contribution in [1.29, 1.82) is 0 Å². The van der Waals surface area contributed by atoms with E-state index in [-0.39, 0.29) is 6.10 Å². The Morgan fingerprint density at radius 1 is 1.47 bits per heavy atom. The van der Waals surface area contributed by atoms with Crippen molar-refractivity contribution in [3.05, 3.63) is 29.3 Å². The first kappa shape index (κ1) is 13.3. The summed E-state index contributed by atoms with van der Waals surface area (Å²) in [6, 6.07) is 6.84. The predicted molar refractivity (Wildman–Crippen MR) is 79.1 cm³/mol. The minimum Gasteiger partial charge on any atom is -0.497 e. The van der Waals surface area contributed by atoms with Crippen molar-refractivity contribution in [1.82, 2.24) is 5.32 Å². The number of nitrogens with one attached hydrogen (secondary N) is 1. The molecular formula is C15H21NO2S. The maximum absolute atomic E-state index is 6.32. The van der Waals surface area contributed by atoms with Crippen molar-refractivity contribution < 1.29 is 9.47 Å². The van der Waals surface area contributed by atoms with Crippen LogP contribution >= 0.6 is 11.8 Å². The number of methoxy groups -OCH3 is 1. The van der Waals surface area contributed by atoms with Gasteiger partial charge in [0.05, 0.1) is 19.3 Å². The summed E-state index contributed by atoms with van der Waals surface area (Å²) in [5.41, 5.74) is 2.72. The molecule has 3 nitrogen and oxygen atoms in total. The third kappa shape index (κ3) is 2.62. The highest BCUT2D eigenvalue weighted by Gasteiger charge is 2.35. The van der Waals surface area contributed by atoms with Gasteiger partial charge in [-0.1, -0.05) is 6.07 Å². The van der Waals surface area contributed by atoms with Crippen LogP contribution in [0.15, 0.2) is 18.2 Å². The van der Waals surface area contributed by atoms with E-state index >= 15 is 0 Å². The molecule has 19 heavy (non-hydrogen) atoms. The second-order valence-corrected chi connectivity index (χ2v) is 6.16. The molecule has 2 aliphatic rings. The maximum Gasteiger partial charge on any atom is 0.119 e. The quantitative estimate of drug-likeness (QED) is 0.920. The highest BCUT2D eigenvalue weighted by molar-refractivity contribution is 7.98. The smallest absolute Gasteiger partial charge is 0.119 e. The molecule has 4 heteroatoms. The van der Waals surface area contributed by atoms with Crippen LogP contribution in [-0.4, -0.2) is 37.8 Å². The molecule has 3 rings (SSSR count). The summed E-state index contributed by atoms with van der Waals surface area (Å²) in [5, 5.41) is 3.66. The Hall–Kier alpha value is -0.710. The molecule has 1 aromatic carbocycles. The number of benzene rings is 1. The zero-order valence-corrected chi connectivity index (χ0v) is 12.3. The van der Waals surface area contributed by atoms with E-state index in [1.54, 1.807) is 7.11 Å². The van der Waals surface area contributed by atoms with Crippen molar-refractivity contribution in [2.24, 2.45) is 0 Å². The summed E-state index contributed by atoms with van der Waals surface area (Å²) in [7, 11) is 1.72. The molecule has 1 fully saturated rings. The second-order valence-electron chi connectivity index (χ2n) is 5.25. The molecule has 0 bridgehead atoms. The van der Waals surface area contributed by atoms with Gasteiger partial charge in [0.15, 0.2) is 0 Å². The van der Waals surface area contributed by atoms with E-state index in [2.05, 4.69) is 29.8 Å². The van der Waals surface area contributed by atoms with Crippen molar-refractivity contribution in [3.63, 3.8) is 0 Å². The molecule has 3 unspecified atom stereocenters. The molecule has 1 N–H and O–H groups in total. The van der Waals surface area contributed by atoms with E-state index in [1.165, 1.54) is 11.1 Å². The summed E-state index contributed by atoms with van der Waals surface area (Å²) in [5.74, 6) is 1.98. The van der Waals surface area contributed by atoms with Crippen LogP contribution in [0.25, 0.3) is 0 Å². The number of hydrogen-bond acceptors (Lipinski definition) is 4. The summed E-state index contributed by atoms with van der Waals surface area (Å²) >= 11 is 1.85. The van der Waals surface area contributed by atoms with Crippen molar-refractivity contribution in [2.75, 3.05) is 25.7 Å². The van der Waals surface area contributed by atoms with Crippen LogP contribution in [-0.2, 0) is 11.2 Å². The first-order valence-corrected chi connectivity index (χ1v) is 8.26. The van der Waals surface area contributed by atoms with E-state index in [0.29, 0.717) is 12.1 Å². The van der Waals surface area contributed by atoms with Gasteiger partial charge in [0, 0.05) is 18.3 Å². The average molecular weight is 279 g/mol. The molecule has 0 spiro atoms. The lowest BCUT2D eigenvalue weighted by Gasteiger charge is -2.41. The zero-order valence-electron chi connectivity index (χ0n) is 11.5. The van der Waals surface area contributed by atoms with Crippen molar-refractivity contribution in [2.45, 2.75) is 31.1 Å². The van der Waals surface area contributed by atoms with Crippen molar-refractivity contribution in [3.8, 4) is 5.75 Å². The molecule has 1 saturated heterocycles. The SMILES string of the molecule is COc1ccc2c(c1)C1OC(CSC)CNC1CC2. The molecule has 1 aliphatic heterocycles.